The zero-order valence-corrected chi connectivity index (χ0v) is 12.0. The molecule has 1 amide bonds. The number of hydrogen-bond acceptors (Lipinski definition) is 4. The highest BCUT2D eigenvalue weighted by molar-refractivity contribution is 5.82. The minimum atomic E-state index is -0.466. The second-order valence-electron chi connectivity index (χ2n) is 5.20. The van der Waals surface area contributed by atoms with Crippen LogP contribution in [0.15, 0.2) is 24.3 Å². The molecule has 1 aliphatic heterocycles. The molecule has 2 rings (SSSR count). The molecule has 0 saturated carbocycles. The summed E-state index contributed by atoms with van der Waals surface area (Å²) >= 11 is 0. The van der Waals surface area contributed by atoms with Gasteiger partial charge in [-0.25, -0.2) is 4.39 Å². The first kappa shape index (κ1) is 15.7. The third kappa shape index (κ3) is 4.68. The summed E-state index contributed by atoms with van der Waals surface area (Å²) in [5.41, 5.74) is 0. The highest BCUT2D eigenvalue weighted by atomic mass is 19.1. The van der Waals surface area contributed by atoms with Crippen molar-refractivity contribution in [1.29, 1.82) is 0 Å². The first-order chi connectivity index (χ1) is 10.1. The van der Waals surface area contributed by atoms with Crippen LogP contribution in [0.1, 0.15) is 19.8 Å². The van der Waals surface area contributed by atoms with Gasteiger partial charge in [0.15, 0.2) is 0 Å². The van der Waals surface area contributed by atoms with Crippen LogP contribution in [0.25, 0.3) is 0 Å². The van der Waals surface area contributed by atoms with Crippen LogP contribution in [0.4, 0.5) is 4.39 Å². The normalized spacial score (nSPS) is 22.8. The van der Waals surface area contributed by atoms with Gasteiger partial charge in [0.1, 0.15) is 17.7 Å². The smallest absolute Gasteiger partial charge is 0.237 e. The number of aliphatic hydroxyl groups excluding tert-OH is 1. The number of β-amino-alcohol motifs (C(OH)–C–C–N with tert-alkyl or cyclic N) is 1. The number of carbonyl (C=O) groups excluding carboxylic acids is 1. The van der Waals surface area contributed by atoms with E-state index < -0.39 is 6.10 Å². The second kappa shape index (κ2) is 7.38. The first-order valence-electron chi connectivity index (χ1n) is 7.20. The fourth-order valence-corrected chi connectivity index (χ4v) is 2.26. The molecule has 1 aromatic rings. The Kier molecular flexibility index (Phi) is 5.52. The van der Waals surface area contributed by atoms with E-state index in [1.54, 1.807) is 12.1 Å². The number of aliphatic hydroxyl groups is 1. The second-order valence-corrected chi connectivity index (χ2v) is 5.20. The van der Waals surface area contributed by atoms with Gasteiger partial charge in [0.05, 0.1) is 18.7 Å². The van der Waals surface area contributed by atoms with E-state index in [4.69, 9.17) is 4.74 Å². The van der Waals surface area contributed by atoms with Crippen molar-refractivity contribution < 1.29 is 19.0 Å². The maximum Gasteiger partial charge on any atom is 0.237 e. The average molecular weight is 296 g/mol. The standard InChI is InChI=1S/C15H21FN2O3/c1-2-12(21-13-5-3-4-10(16)6-13)9-18-15(20)14-7-11(19)8-17-14/h3-6,11-12,14,17,19H,2,7-9H2,1H3,(H,18,20). The molecule has 21 heavy (non-hydrogen) atoms. The highest BCUT2D eigenvalue weighted by Gasteiger charge is 2.28. The molecule has 116 valence electrons. The molecule has 1 fully saturated rings. The van der Waals surface area contributed by atoms with Crippen molar-refractivity contribution in [2.45, 2.75) is 38.0 Å². The van der Waals surface area contributed by atoms with Crippen molar-refractivity contribution in [3.8, 4) is 5.75 Å². The zero-order valence-electron chi connectivity index (χ0n) is 12.0. The van der Waals surface area contributed by atoms with Crippen LogP contribution in [0, 0.1) is 5.82 Å². The molecule has 0 aromatic heterocycles. The number of carbonyl (C=O) groups is 1. The first-order valence-corrected chi connectivity index (χ1v) is 7.20. The summed E-state index contributed by atoms with van der Waals surface area (Å²) in [6, 6.07) is 5.58. The molecule has 5 nitrogen and oxygen atoms in total. The molecule has 1 saturated heterocycles. The highest BCUT2D eigenvalue weighted by Crippen LogP contribution is 2.15. The van der Waals surface area contributed by atoms with E-state index in [9.17, 15) is 14.3 Å². The lowest BCUT2D eigenvalue weighted by molar-refractivity contribution is -0.123. The van der Waals surface area contributed by atoms with Crippen LogP contribution >= 0.6 is 0 Å². The van der Waals surface area contributed by atoms with Gasteiger partial charge >= 0.3 is 0 Å². The van der Waals surface area contributed by atoms with Crippen molar-refractivity contribution in [1.82, 2.24) is 10.6 Å². The minimum Gasteiger partial charge on any atom is -0.489 e. The molecule has 1 aromatic carbocycles. The van der Waals surface area contributed by atoms with Crippen molar-refractivity contribution in [2.24, 2.45) is 0 Å². The molecule has 0 radical (unpaired) electrons. The Balaban J connectivity index is 1.81. The summed E-state index contributed by atoms with van der Waals surface area (Å²) in [5, 5.41) is 15.1. The summed E-state index contributed by atoms with van der Waals surface area (Å²) in [6.45, 7) is 2.73. The molecule has 1 aliphatic rings. The van der Waals surface area contributed by atoms with E-state index >= 15 is 0 Å². The maximum absolute atomic E-state index is 13.1. The molecule has 3 atom stereocenters. The Morgan fingerprint density at radius 1 is 1.62 bits per heavy atom. The van der Waals surface area contributed by atoms with E-state index in [0.717, 1.165) is 0 Å². The Morgan fingerprint density at radius 3 is 3.05 bits per heavy atom. The van der Waals surface area contributed by atoms with Gasteiger partial charge in [-0.2, -0.15) is 0 Å². The number of halogens is 1. The summed E-state index contributed by atoms with van der Waals surface area (Å²) in [7, 11) is 0. The van der Waals surface area contributed by atoms with Crippen molar-refractivity contribution in [3.63, 3.8) is 0 Å². The molecular formula is C15H21FN2O3. The van der Waals surface area contributed by atoms with Gasteiger partial charge < -0.3 is 20.5 Å². The third-order valence-corrected chi connectivity index (χ3v) is 3.48. The van der Waals surface area contributed by atoms with E-state index in [1.165, 1.54) is 12.1 Å². The quantitative estimate of drug-likeness (QED) is 0.727. The predicted octanol–water partition coefficient (Wildman–Crippen LogP) is 0.822. The number of nitrogens with one attached hydrogen (secondary N) is 2. The van der Waals surface area contributed by atoms with Gasteiger partial charge in [0.25, 0.3) is 0 Å². The lowest BCUT2D eigenvalue weighted by Gasteiger charge is -2.19. The van der Waals surface area contributed by atoms with Gasteiger partial charge in [-0.3, -0.25) is 4.79 Å². The van der Waals surface area contributed by atoms with E-state index in [-0.39, 0.29) is 23.9 Å². The number of ether oxygens (including phenoxy) is 1. The van der Waals surface area contributed by atoms with Crippen LogP contribution in [-0.2, 0) is 4.79 Å². The van der Waals surface area contributed by atoms with Gasteiger partial charge in [-0.1, -0.05) is 13.0 Å². The summed E-state index contributed by atoms with van der Waals surface area (Å²) in [4.78, 5) is 11.9. The van der Waals surface area contributed by atoms with Gasteiger partial charge in [-0.15, -0.1) is 0 Å². The Hall–Kier alpha value is -1.66. The van der Waals surface area contributed by atoms with Gasteiger partial charge in [0, 0.05) is 12.6 Å². The monoisotopic (exact) mass is 296 g/mol. The molecular weight excluding hydrogens is 275 g/mol. The van der Waals surface area contributed by atoms with Crippen LogP contribution < -0.4 is 15.4 Å². The lowest BCUT2D eigenvalue weighted by Crippen LogP contribution is -2.44. The molecule has 3 unspecified atom stereocenters. The fraction of sp³-hybridized carbons (Fsp3) is 0.533. The SMILES string of the molecule is CCC(CNC(=O)C1CC(O)CN1)Oc1cccc(F)c1. The number of amides is 1. The largest absolute Gasteiger partial charge is 0.489 e. The average Bonchev–Trinajstić information content (AvgIpc) is 2.90. The summed E-state index contributed by atoms with van der Waals surface area (Å²) in [5.74, 6) is -0.0473. The van der Waals surface area contributed by atoms with Crippen molar-refractivity contribution in [3.05, 3.63) is 30.1 Å². The summed E-state index contributed by atoms with van der Waals surface area (Å²) < 4.78 is 18.7. The number of hydrogen-bond donors (Lipinski definition) is 3. The molecule has 1 heterocycles. The van der Waals surface area contributed by atoms with E-state index in [0.29, 0.717) is 31.7 Å². The van der Waals surface area contributed by atoms with E-state index in [2.05, 4.69) is 10.6 Å². The van der Waals surface area contributed by atoms with Crippen LogP contribution in [-0.4, -0.2) is 42.4 Å². The Labute approximate surface area is 123 Å². The number of rotatable bonds is 6. The summed E-state index contributed by atoms with van der Waals surface area (Å²) in [6.07, 6.45) is 0.429. The molecule has 0 bridgehead atoms. The number of benzene rings is 1. The predicted molar refractivity (Wildman–Crippen MR) is 76.5 cm³/mol. The molecule has 6 heteroatoms. The third-order valence-electron chi connectivity index (χ3n) is 3.48. The zero-order chi connectivity index (χ0) is 15.2. The van der Waals surface area contributed by atoms with Crippen molar-refractivity contribution in [2.75, 3.05) is 13.1 Å². The van der Waals surface area contributed by atoms with Gasteiger partial charge in [0.2, 0.25) is 5.91 Å². The molecule has 0 spiro atoms. The minimum absolute atomic E-state index is 0.146. The molecule has 0 aliphatic carbocycles. The van der Waals surface area contributed by atoms with Gasteiger partial charge in [-0.05, 0) is 25.0 Å². The Bertz CT molecular complexity index is 484. The Morgan fingerprint density at radius 2 is 2.43 bits per heavy atom. The maximum atomic E-state index is 13.1. The van der Waals surface area contributed by atoms with Crippen LogP contribution in [0.3, 0.4) is 0 Å². The topological polar surface area (TPSA) is 70.6 Å². The van der Waals surface area contributed by atoms with E-state index in [1.807, 2.05) is 6.92 Å². The molecule has 3 N–H and O–H groups in total. The van der Waals surface area contributed by atoms with Crippen molar-refractivity contribution >= 4 is 5.91 Å². The van der Waals surface area contributed by atoms with Crippen LogP contribution in [0.5, 0.6) is 5.75 Å². The fourth-order valence-electron chi connectivity index (χ4n) is 2.26. The van der Waals surface area contributed by atoms with Crippen LogP contribution in [0.2, 0.25) is 0 Å². The lowest BCUT2D eigenvalue weighted by atomic mass is 10.2.